The fourth-order valence-corrected chi connectivity index (χ4v) is 2.47. The molecule has 1 heterocycles. The molecule has 2 rings (SSSR count). The minimum absolute atomic E-state index is 0.768. The summed E-state index contributed by atoms with van der Waals surface area (Å²) in [7, 11) is 0. The smallest absolute Gasteiger partial charge is 0.0722 e. The summed E-state index contributed by atoms with van der Waals surface area (Å²) >= 11 is 0. The lowest BCUT2D eigenvalue weighted by molar-refractivity contribution is 0.968. The van der Waals surface area contributed by atoms with E-state index in [2.05, 4.69) is 35.3 Å². The predicted octanol–water partition coefficient (Wildman–Crippen LogP) is 3.92. The van der Waals surface area contributed by atoms with E-state index < -0.39 is 0 Å². The van der Waals surface area contributed by atoms with Gasteiger partial charge in [0.15, 0.2) is 0 Å². The molecule has 23 heavy (non-hydrogen) atoms. The molecule has 0 aliphatic heterocycles. The molecule has 1 aromatic rings. The molecule has 0 radical (unpaired) electrons. The van der Waals surface area contributed by atoms with Crippen molar-refractivity contribution < 1.29 is 0 Å². The Morgan fingerprint density at radius 3 is 3.00 bits per heavy atom. The highest BCUT2D eigenvalue weighted by Crippen LogP contribution is 2.34. The summed E-state index contributed by atoms with van der Waals surface area (Å²) in [5.41, 5.74) is 11.5. The topological polar surface area (TPSA) is 78.5 Å². The molecule has 4 N–H and O–H groups in total. The van der Waals surface area contributed by atoms with Crippen LogP contribution in [0.15, 0.2) is 73.2 Å². The van der Waals surface area contributed by atoms with E-state index in [9.17, 15) is 0 Å². The van der Waals surface area contributed by atoms with E-state index in [0.717, 1.165) is 46.5 Å². The van der Waals surface area contributed by atoms with E-state index in [-0.39, 0.29) is 0 Å². The number of nitrogens with two attached hydrogens (primary N) is 1. The molecule has 0 atom stereocenters. The molecule has 0 saturated carbocycles. The molecule has 4 nitrogen and oxygen atoms in total. The molecule has 1 aliphatic carbocycles. The first kappa shape index (κ1) is 16.3. The number of allylic oxidation sites excluding steroid dienone is 10. The van der Waals surface area contributed by atoms with Gasteiger partial charge in [0, 0.05) is 11.3 Å². The van der Waals surface area contributed by atoms with Gasteiger partial charge >= 0.3 is 0 Å². The van der Waals surface area contributed by atoms with Crippen molar-refractivity contribution in [3.8, 4) is 0 Å². The summed E-state index contributed by atoms with van der Waals surface area (Å²) < 4.78 is 0. The summed E-state index contributed by atoms with van der Waals surface area (Å²) in [6.07, 6.45) is 16.4. The number of aromatic nitrogens is 2. The predicted molar refractivity (Wildman–Crippen MR) is 96.8 cm³/mol. The zero-order valence-corrected chi connectivity index (χ0v) is 13.0. The van der Waals surface area contributed by atoms with Crippen molar-refractivity contribution in [2.45, 2.75) is 12.8 Å². The van der Waals surface area contributed by atoms with Crippen LogP contribution in [0.3, 0.4) is 0 Å². The Bertz CT molecular complexity index is 778. The summed E-state index contributed by atoms with van der Waals surface area (Å²) in [5.74, 6) is 2.20. The lowest BCUT2D eigenvalue weighted by atomic mass is 9.89. The molecule has 1 aromatic heterocycles. The fourth-order valence-electron chi connectivity index (χ4n) is 2.47. The van der Waals surface area contributed by atoms with E-state index in [1.54, 1.807) is 18.3 Å². The van der Waals surface area contributed by atoms with E-state index >= 15 is 0 Å². The lowest BCUT2D eigenvalue weighted by Gasteiger charge is -2.17. The SMILES string of the molecule is C=C/C=C(\C1=C(N)C=CCC1)c1cn[nH]c1C(=C)/C=C\C=C=N. The minimum atomic E-state index is 0.768. The van der Waals surface area contributed by atoms with Gasteiger partial charge in [-0.15, -0.1) is 0 Å². The van der Waals surface area contributed by atoms with E-state index in [1.165, 1.54) is 6.08 Å². The summed E-state index contributed by atoms with van der Waals surface area (Å²) in [5, 5.41) is 14.0. The third-order valence-corrected chi connectivity index (χ3v) is 3.54. The number of H-pyrrole nitrogens is 1. The van der Waals surface area contributed by atoms with Gasteiger partial charge in [-0.1, -0.05) is 43.5 Å². The number of hydrogen-bond donors (Lipinski definition) is 3. The largest absolute Gasteiger partial charge is 0.398 e. The number of hydrogen-bond acceptors (Lipinski definition) is 3. The van der Waals surface area contributed by atoms with Gasteiger partial charge in [0.25, 0.3) is 0 Å². The molecule has 4 heteroatoms. The van der Waals surface area contributed by atoms with Gasteiger partial charge in [-0.05, 0) is 47.6 Å². The van der Waals surface area contributed by atoms with Crippen molar-refractivity contribution in [2.24, 2.45) is 5.73 Å². The molecule has 0 amide bonds. The molecule has 0 fully saturated rings. The summed E-state index contributed by atoms with van der Waals surface area (Å²) in [4.78, 5) is 0. The van der Waals surface area contributed by atoms with Gasteiger partial charge < -0.3 is 5.73 Å². The second kappa shape index (κ2) is 7.78. The van der Waals surface area contributed by atoms with Gasteiger partial charge in [-0.25, -0.2) is 0 Å². The first-order valence-corrected chi connectivity index (χ1v) is 7.32. The maximum atomic E-state index is 6.89. The zero-order valence-electron chi connectivity index (χ0n) is 13.0. The van der Waals surface area contributed by atoms with Crippen LogP contribution < -0.4 is 5.73 Å². The molecule has 0 bridgehead atoms. The number of rotatable bonds is 6. The van der Waals surface area contributed by atoms with E-state index in [0.29, 0.717) is 0 Å². The molecule has 116 valence electrons. The first-order valence-electron chi connectivity index (χ1n) is 7.32. The van der Waals surface area contributed by atoms with Crippen LogP contribution in [0.4, 0.5) is 0 Å². The number of aromatic amines is 1. The van der Waals surface area contributed by atoms with Crippen molar-refractivity contribution in [3.05, 3.63) is 84.4 Å². The third kappa shape index (κ3) is 3.76. The normalized spacial score (nSPS) is 14.9. The maximum Gasteiger partial charge on any atom is 0.0722 e. The van der Waals surface area contributed by atoms with Gasteiger partial charge in [0.2, 0.25) is 0 Å². The van der Waals surface area contributed by atoms with Crippen molar-refractivity contribution in [3.63, 3.8) is 0 Å². The average molecular weight is 304 g/mol. The monoisotopic (exact) mass is 304 g/mol. The molecular formula is C19H20N4. The van der Waals surface area contributed by atoms with Gasteiger partial charge in [-0.2, -0.15) is 5.10 Å². The Hall–Kier alpha value is -3.10. The second-order valence-electron chi connectivity index (χ2n) is 5.05. The highest BCUT2D eigenvalue weighted by molar-refractivity contribution is 5.88. The standard InChI is InChI=1S/C19H20N4/c1-3-8-15(16-10-4-5-11-18(16)21)17-13-22-23-19(17)14(2)9-6-7-12-20/h3,5-9,11,13,20H,1-2,4,10,21H2,(H,22,23)/b9-6-,15-8+. The molecule has 0 saturated heterocycles. The average Bonchev–Trinajstić information content (AvgIpc) is 3.03. The van der Waals surface area contributed by atoms with E-state index in [4.69, 9.17) is 11.1 Å². The molecule has 1 aliphatic rings. The van der Waals surface area contributed by atoms with Crippen LogP contribution in [0.1, 0.15) is 24.1 Å². The van der Waals surface area contributed by atoms with Crippen LogP contribution in [0, 0.1) is 5.41 Å². The zero-order chi connectivity index (χ0) is 16.7. The molecular weight excluding hydrogens is 284 g/mol. The van der Waals surface area contributed by atoms with Crippen molar-refractivity contribution in [1.29, 1.82) is 5.41 Å². The fraction of sp³-hybridized carbons (Fsp3) is 0.105. The number of nitrogens with one attached hydrogen (secondary N) is 2. The van der Waals surface area contributed by atoms with Crippen LogP contribution in [-0.4, -0.2) is 16.1 Å². The third-order valence-electron chi connectivity index (χ3n) is 3.54. The first-order chi connectivity index (χ1) is 11.2. The second-order valence-corrected chi connectivity index (χ2v) is 5.05. The lowest BCUT2D eigenvalue weighted by Crippen LogP contribution is -2.06. The van der Waals surface area contributed by atoms with Gasteiger partial charge in [0.1, 0.15) is 0 Å². The molecule has 0 aromatic carbocycles. The van der Waals surface area contributed by atoms with Crippen molar-refractivity contribution in [1.82, 2.24) is 10.2 Å². The Morgan fingerprint density at radius 2 is 2.30 bits per heavy atom. The van der Waals surface area contributed by atoms with Crippen molar-refractivity contribution in [2.75, 3.05) is 0 Å². The van der Waals surface area contributed by atoms with Crippen LogP contribution in [0.5, 0.6) is 0 Å². The Balaban J connectivity index is 2.47. The Labute approximate surface area is 136 Å². The summed E-state index contributed by atoms with van der Waals surface area (Å²) in [6.45, 7) is 7.86. The number of nitrogens with zero attached hydrogens (tertiary/aromatic N) is 1. The van der Waals surface area contributed by atoms with Gasteiger partial charge in [-0.3, -0.25) is 10.5 Å². The van der Waals surface area contributed by atoms with E-state index in [1.807, 2.05) is 18.2 Å². The maximum absolute atomic E-state index is 6.89. The van der Waals surface area contributed by atoms with Crippen molar-refractivity contribution >= 4 is 17.0 Å². The van der Waals surface area contributed by atoms with Crippen LogP contribution in [0.25, 0.3) is 11.1 Å². The van der Waals surface area contributed by atoms with Crippen LogP contribution in [0.2, 0.25) is 0 Å². The Morgan fingerprint density at radius 1 is 1.48 bits per heavy atom. The quantitative estimate of drug-likeness (QED) is 0.550. The van der Waals surface area contributed by atoms with Crippen LogP contribution >= 0.6 is 0 Å². The molecule has 0 spiro atoms. The molecule has 0 unspecified atom stereocenters. The minimum Gasteiger partial charge on any atom is -0.398 e. The highest BCUT2D eigenvalue weighted by Gasteiger charge is 2.17. The summed E-state index contributed by atoms with van der Waals surface area (Å²) in [6, 6.07) is 0. The van der Waals surface area contributed by atoms with Gasteiger partial charge in [0.05, 0.1) is 11.9 Å². The highest BCUT2D eigenvalue weighted by atomic mass is 15.1. The van der Waals surface area contributed by atoms with Crippen LogP contribution in [-0.2, 0) is 0 Å². The Kier molecular flexibility index (Phi) is 5.50.